The Morgan fingerprint density at radius 1 is 1.53 bits per heavy atom. The maximum Gasteiger partial charge on any atom is 0.406 e. The molecule has 1 saturated carbocycles. The van der Waals surface area contributed by atoms with Crippen LogP contribution in [0.1, 0.15) is 19.8 Å². The zero-order valence-electron chi connectivity index (χ0n) is 8.35. The SMILES string of the molecule is CC(CCl)C(=O)N(CC(F)(F)F)C1CC1. The number of carbonyl (C=O) groups excluding carboxylic acids is 1. The number of halogens is 4. The average molecular weight is 244 g/mol. The topological polar surface area (TPSA) is 20.3 Å². The van der Waals surface area contributed by atoms with E-state index in [9.17, 15) is 18.0 Å². The zero-order valence-corrected chi connectivity index (χ0v) is 9.11. The van der Waals surface area contributed by atoms with Crippen LogP contribution in [0.5, 0.6) is 0 Å². The van der Waals surface area contributed by atoms with Gasteiger partial charge in [-0.2, -0.15) is 13.2 Å². The highest BCUT2D eigenvalue weighted by Crippen LogP contribution is 2.31. The van der Waals surface area contributed by atoms with E-state index < -0.39 is 24.5 Å². The van der Waals surface area contributed by atoms with Gasteiger partial charge < -0.3 is 4.90 Å². The highest BCUT2D eigenvalue weighted by Gasteiger charge is 2.41. The van der Waals surface area contributed by atoms with Gasteiger partial charge in [0.1, 0.15) is 6.54 Å². The van der Waals surface area contributed by atoms with E-state index in [4.69, 9.17) is 11.6 Å². The lowest BCUT2D eigenvalue weighted by Crippen LogP contribution is -2.43. The largest absolute Gasteiger partial charge is 0.406 e. The van der Waals surface area contributed by atoms with E-state index in [0.717, 1.165) is 4.90 Å². The monoisotopic (exact) mass is 243 g/mol. The van der Waals surface area contributed by atoms with Crippen molar-refractivity contribution in [2.45, 2.75) is 32.0 Å². The molecule has 6 heteroatoms. The number of rotatable bonds is 4. The molecular formula is C9H13ClF3NO. The summed E-state index contributed by atoms with van der Waals surface area (Å²) in [5.41, 5.74) is 0. The molecule has 0 spiro atoms. The third-order valence-electron chi connectivity index (χ3n) is 2.27. The van der Waals surface area contributed by atoms with Crippen molar-refractivity contribution < 1.29 is 18.0 Å². The molecule has 0 aromatic rings. The minimum atomic E-state index is -4.33. The highest BCUT2D eigenvalue weighted by molar-refractivity contribution is 6.19. The minimum absolute atomic E-state index is 0.0555. The van der Waals surface area contributed by atoms with E-state index in [1.54, 1.807) is 6.92 Å². The van der Waals surface area contributed by atoms with Crippen molar-refractivity contribution in [1.82, 2.24) is 4.90 Å². The first-order valence-corrected chi connectivity index (χ1v) is 5.32. The lowest BCUT2D eigenvalue weighted by atomic mass is 10.2. The number of nitrogens with zero attached hydrogens (tertiary/aromatic N) is 1. The van der Waals surface area contributed by atoms with Crippen LogP contribution in [-0.4, -0.2) is 35.4 Å². The van der Waals surface area contributed by atoms with Gasteiger partial charge in [-0.3, -0.25) is 4.79 Å². The Morgan fingerprint density at radius 2 is 2.07 bits per heavy atom. The number of amides is 1. The van der Waals surface area contributed by atoms with E-state index in [1.165, 1.54) is 0 Å². The van der Waals surface area contributed by atoms with Crippen LogP contribution in [0.3, 0.4) is 0 Å². The molecule has 0 aromatic heterocycles. The first-order valence-electron chi connectivity index (χ1n) is 4.78. The summed E-state index contributed by atoms with van der Waals surface area (Å²) in [7, 11) is 0. The number of hydrogen-bond donors (Lipinski definition) is 0. The van der Waals surface area contributed by atoms with Gasteiger partial charge in [-0.15, -0.1) is 11.6 Å². The van der Waals surface area contributed by atoms with Crippen LogP contribution in [0.15, 0.2) is 0 Å². The summed E-state index contributed by atoms with van der Waals surface area (Å²) in [4.78, 5) is 12.5. The summed E-state index contributed by atoms with van der Waals surface area (Å²) in [6.07, 6.45) is -3.00. The summed E-state index contributed by atoms with van der Waals surface area (Å²) in [6.45, 7) is 0.388. The molecule has 0 heterocycles. The standard InChI is InChI=1S/C9H13ClF3NO/c1-6(4-10)8(15)14(7-2-3-7)5-9(11,12)13/h6-7H,2-5H2,1H3. The Balaban J connectivity index is 2.61. The molecule has 1 rings (SSSR count). The van der Waals surface area contributed by atoms with E-state index in [1.807, 2.05) is 0 Å². The van der Waals surface area contributed by atoms with Gasteiger partial charge in [-0.25, -0.2) is 0 Å². The van der Waals surface area contributed by atoms with Gasteiger partial charge in [0, 0.05) is 17.8 Å². The molecule has 0 N–H and O–H groups in total. The predicted molar refractivity (Wildman–Crippen MR) is 50.7 cm³/mol. The molecular weight excluding hydrogens is 231 g/mol. The molecule has 1 aliphatic rings. The smallest absolute Gasteiger partial charge is 0.330 e. The van der Waals surface area contributed by atoms with Gasteiger partial charge in [-0.1, -0.05) is 6.92 Å². The number of hydrogen-bond acceptors (Lipinski definition) is 1. The molecule has 1 amide bonds. The van der Waals surface area contributed by atoms with E-state index in [0.29, 0.717) is 12.8 Å². The summed E-state index contributed by atoms with van der Waals surface area (Å²) >= 11 is 5.46. The van der Waals surface area contributed by atoms with Crippen LogP contribution in [0, 0.1) is 5.92 Å². The zero-order chi connectivity index (χ0) is 11.6. The Morgan fingerprint density at radius 3 is 2.40 bits per heavy atom. The Hall–Kier alpha value is -0.450. The molecule has 0 radical (unpaired) electrons. The normalized spacial score (nSPS) is 18.7. The van der Waals surface area contributed by atoms with Crippen LogP contribution in [0.2, 0.25) is 0 Å². The van der Waals surface area contributed by atoms with Crippen molar-refractivity contribution in [3.63, 3.8) is 0 Å². The molecule has 15 heavy (non-hydrogen) atoms. The summed E-state index contributed by atoms with van der Waals surface area (Å²) in [5, 5.41) is 0. The molecule has 88 valence electrons. The quantitative estimate of drug-likeness (QED) is 0.695. The van der Waals surface area contributed by atoms with E-state index in [-0.39, 0.29) is 11.9 Å². The first-order chi connectivity index (χ1) is 6.85. The number of carbonyl (C=O) groups is 1. The summed E-state index contributed by atoms with van der Waals surface area (Å²) < 4.78 is 36.6. The lowest BCUT2D eigenvalue weighted by molar-refractivity contribution is -0.164. The molecule has 2 nitrogen and oxygen atoms in total. The van der Waals surface area contributed by atoms with Crippen molar-refractivity contribution >= 4 is 17.5 Å². The second-order valence-electron chi connectivity index (χ2n) is 3.87. The molecule has 0 saturated heterocycles. The Labute approximate surface area is 91.4 Å². The highest BCUT2D eigenvalue weighted by atomic mass is 35.5. The third-order valence-corrected chi connectivity index (χ3v) is 2.74. The third kappa shape index (κ3) is 3.89. The van der Waals surface area contributed by atoms with Gasteiger partial charge in [0.15, 0.2) is 0 Å². The second-order valence-corrected chi connectivity index (χ2v) is 4.18. The lowest BCUT2D eigenvalue weighted by Gasteiger charge is -2.25. The van der Waals surface area contributed by atoms with Gasteiger partial charge in [0.05, 0.1) is 0 Å². The minimum Gasteiger partial charge on any atom is -0.330 e. The average Bonchev–Trinajstić information content (AvgIpc) is 2.93. The molecule has 1 unspecified atom stereocenters. The van der Waals surface area contributed by atoms with Gasteiger partial charge in [-0.05, 0) is 12.8 Å². The maximum atomic E-state index is 12.2. The van der Waals surface area contributed by atoms with Crippen LogP contribution >= 0.6 is 11.6 Å². The summed E-state index contributed by atoms with van der Waals surface area (Å²) in [6, 6.07) is -0.232. The first kappa shape index (κ1) is 12.6. The fourth-order valence-corrected chi connectivity index (χ4v) is 1.45. The van der Waals surface area contributed by atoms with E-state index >= 15 is 0 Å². The van der Waals surface area contributed by atoms with Crippen molar-refractivity contribution in [2.75, 3.05) is 12.4 Å². The molecule has 1 atom stereocenters. The fraction of sp³-hybridized carbons (Fsp3) is 0.889. The van der Waals surface area contributed by atoms with Crippen molar-refractivity contribution in [2.24, 2.45) is 5.92 Å². The molecule has 1 aliphatic carbocycles. The van der Waals surface area contributed by atoms with Crippen molar-refractivity contribution in [3.8, 4) is 0 Å². The molecule has 1 fully saturated rings. The van der Waals surface area contributed by atoms with Crippen LogP contribution in [0.25, 0.3) is 0 Å². The van der Waals surface area contributed by atoms with Crippen LogP contribution in [0.4, 0.5) is 13.2 Å². The van der Waals surface area contributed by atoms with Crippen molar-refractivity contribution in [3.05, 3.63) is 0 Å². The molecule has 0 aliphatic heterocycles. The van der Waals surface area contributed by atoms with Gasteiger partial charge in [0.25, 0.3) is 0 Å². The fourth-order valence-electron chi connectivity index (χ4n) is 1.32. The van der Waals surface area contributed by atoms with Gasteiger partial charge in [0.2, 0.25) is 5.91 Å². The van der Waals surface area contributed by atoms with Gasteiger partial charge >= 0.3 is 6.18 Å². The second kappa shape index (κ2) is 4.60. The predicted octanol–water partition coefficient (Wildman–Crippen LogP) is 2.41. The summed E-state index contributed by atoms with van der Waals surface area (Å²) in [5.74, 6) is -0.987. The van der Waals surface area contributed by atoms with Crippen LogP contribution < -0.4 is 0 Å². The molecule has 0 bridgehead atoms. The molecule has 0 aromatic carbocycles. The van der Waals surface area contributed by atoms with Crippen molar-refractivity contribution in [1.29, 1.82) is 0 Å². The number of alkyl halides is 4. The van der Waals surface area contributed by atoms with Crippen LogP contribution in [-0.2, 0) is 4.79 Å². The van der Waals surface area contributed by atoms with E-state index in [2.05, 4.69) is 0 Å². The Kier molecular flexibility index (Phi) is 3.87. The maximum absolute atomic E-state index is 12.2. The Bertz CT molecular complexity index is 240.